The summed E-state index contributed by atoms with van der Waals surface area (Å²) < 4.78 is 12.8. The van der Waals surface area contributed by atoms with Crippen molar-refractivity contribution in [1.29, 1.82) is 0 Å². The summed E-state index contributed by atoms with van der Waals surface area (Å²) in [6, 6.07) is 16.0. The van der Waals surface area contributed by atoms with Gasteiger partial charge in [0.15, 0.2) is 0 Å². The van der Waals surface area contributed by atoms with E-state index in [-0.39, 0.29) is 11.7 Å². The summed E-state index contributed by atoms with van der Waals surface area (Å²) in [5, 5.41) is 2.86. The van der Waals surface area contributed by atoms with Crippen LogP contribution in [0.25, 0.3) is 6.08 Å². The first kappa shape index (κ1) is 15.0. The third kappa shape index (κ3) is 4.88. The maximum atomic E-state index is 12.8. The van der Waals surface area contributed by atoms with Crippen LogP contribution in [0.2, 0.25) is 0 Å². The van der Waals surface area contributed by atoms with Gasteiger partial charge in [-0.05, 0) is 42.7 Å². The molecule has 0 radical (unpaired) electrons. The Morgan fingerprint density at radius 2 is 1.76 bits per heavy atom. The molecule has 0 spiro atoms. The fraction of sp³-hybridized carbons (Fsp3) is 0.167. The van der Waals surface area contributed by atoms with E-state index in [1.54, 1.807) is 19.1 Å². The van der Waals surface area contributed by atoms with Crippen LogP contribution in [-0.2, 0) is 11.2 Å². The molecule has 1 amide bonds. The van der Waals surface area contributed by atoms with Gasteiger partial charge >= 0.3 is 0 Å². The van der Waals surface area contributed by atoms with Gasteiger partial charge in [0, 0.05) is 12.1 Å². The molecule has 0 unspecified atom stereocenters. The number of hydrogen-bond acceptors (Lipinski definition) is 1. The second-order valence-electron chi connectivity index (χ2n) is 4.87. The first-order chi connectivity index (χ1) is 10.1. The van der Waals surface area contributed by atoms with Gasteiger partial charge in [0.25, 0.3) is 0 Å². The highest BCUT2D eigenvalue weighted by atomic mass is 19.1. The normalized spacial score (nSPS) is 11.2. The first-order valence-corrected chi connectivity index (χ1v) is 6.91. The van der Waals surface area contributed by atoms with Crippen molar-refractivity contribution in [2.75, 3.05) is 6.54 Å². The Labute approximate surface area is 124 Å². The quantitative estimate of drug-likeness (QED) is 0.835. The second kappa shape index (κ2) is 7.39. The Hall–Kier alpha value is -2.42. The van der Waals surface area contributed by atoms with Crippen LogP contribution in [0.15, 0.2) is 60.2 Å². The van der Waals surface area contributed by atoms with Gasteiger partial charge in [-0.15, -0.1) is 0 Å². The molecular weight excluding hydrogens is 265 g/mol. The molecule has 0 fully saturated rings. The van der Waals surface area contributed by atoms with E-state index in [1.165, 1.54) is 12.1 Å². The number of rotatable bonds is 5. The molecule has 0 saturated carbocycles. The van der Waals surface area contributed by atoms with E-state index in [9.17, 15) is 9.18 Å². The molecule has 108 valence electrons. The summed E-state index contributed by atoms with van der Waals surface area (Å²) in [6.45, 7) is 2.32. The van der Waals surface area contributed by atoms with E-state index >= 15 is 0 Å². The van der Waals surface area contributed by atoms with Crippen LogP contribution in [0, 0.1) is 5.82 Å². The van der Waals surface area contributed by atoms with Gasteiger partial charge in [0.05, 0.1) is 0 Å². The van der Waals surface area contributed by atoms with E-state index in [2.05, 4.69) is 5.32 Å². The predicted octanol–water partition coefficient (Wildman–Crippen LogP) is 3.59. The molecule has 0 aromatic heterocycles. The molecule has 1 N–H and O–H groups in total. The van der Waals surface area contributed by atoms with Gasteiger partial charge in [-0.1, -0.05) is 42.5 Å². The fourth-order valence-corrected chi connectivity index (χ4v) is 1.98. The first-order valence-electron chi connectivity index (χ1n) is 6.91. The van der Waals surface area contributed by atoms with Gasteiger partial charge < -0.3 is 5.32 Å². The minimum atomic E-state index is -0.246. The molecule has 3 heteroatoms. The van der Waals surface area contributed by atoms with E-state index < -0.39 is 0 Å². The Kier molecular flexibility index (Phi) is 5.27. The maximum Gasteiger partial charge on any atom is 0.246 e. The molecule has 0 aliphatic rings. The lowest BCUT2D eigenvalue weighted by molar-refractivity contribution is -0.117. The van der Waals surface area contributed by atoms with Crippen molar-refractivity contribution in [3.05, 3.63) is 77.1 Å². The smallest absolute Gasteiger partial charge is 0.246 e. The highest BCUT2D eigenvalue weighted by Crippen LogP contribution is 2.06. The number of amides is 1. The minimum absolute atomic E-state index is 0.0824. The van der Waals surface area contributed by atoms with Crippen LogP contribution < -0.4 is 5.32 Å². The highest BCUT2D eigenvalue weighted by molar-refractivity contribution is 5.97. The molecule has 0 aliphatic carbocycles. The molecule has 2 nitrogen and oxygen atoms in total. The number of nitrogens with one attached hydrogen (secondary N) is 1. The van der Waals surface area contributed by atoms with E-state index in [0.29, 0.717) is 18.5 Å². The van der Waals surface area contributed by atoms with Crippen molar-refractivity contribution >= 4 is 12.0 Å². The van der Waals surface area contributed by atoms with Crippen LogP contribution in [0.1, 0.15) is 18.1 Å². The van der Waals surface area contributed by atoms with Crippen molar-refractivity contribution < 1.29 is 9.18 Å². The molecule has 0 bridgehead atoms. The van der Waals surface area contributed by atoms with Gasteiger partial charge in [-0.2, -0.15) is 0 Å². The molecule has 0 saturated heterocycles. The lowest BCUT2D eigenvalue weighted by Crippen LogP contribution is -2.26. The monoisotopic (exact) mass is 283 g/mol. The summed E-state index contributed by atoms with van der Waals surface area (Å²) in [7, 11) is 0. The van der Waals surface area contributed by atoms with Gasteiger partial charge in [0.2, 0.25) is 5.91 Å². The number of hydrogen-bond donors (Lipinski definition) is 1. The minimum Gasteiger partial charge on any atom is -0.352 e. The van der Waals surface area contributed by atoms with Crippen LogP contribution in [-0.4, -0.2) is 12.5 Å². The van der Waals surface area contributed by atoms with Crippen molar-refractivity contribution in [3.8, 4) is 0 Å². The Bertz CT molecular complexity index is 617. The van der Waals surface area contributed by atoms with Crippen molar-refractivity contribution in [3.63, 3.8) is 0 Å². The van der Waals surface area contributed by atoms with E-state index in [4.69, 9.17) is 0 Å². The molecular formula is C18H18FNO. The molecule has 2 aromatic carbocycles. The molecule has 2 rings (SSSR count). The Morgan fingerprint density at radius 3 is 2.43 bits per heavy atom. The number of carbonyl (C=O) groups excluding carboxylic acids is 1. The topological polar surface area (TPSA) is 29.1 Å². The Morgan fingerprint density at radius 1 is 1.10 bits per heavy atom. The summed E-state index contributed by atoms with van der Waals surface area (Å²) in [4.78, 5) is 12.0. The van der Waals surface area contributed by atoms with Crippen molar-refractivity contribution in [2.24, 2.45) is 0 Å². The zero-order chi connectivity index (χ0) is 15.1. The summed E-state index contributed by atoms with van der Waals surface area (Å²) >= 11 is 0. The molecule has 0 aliphatic heterocycles. The van der Waals surface area contributed by atoms with Crippen LogP contribution in [0.3, 0.4) is 0 Å². The summed E-state index contributed by atoms with van der Waals surface area (Å²) in [6.07, 6.45) is 2.54. The van der Waals surface area contributed by atoms with E-state index in [1.807, 2.05) is 36.4 Å². The Balaban J connectivity index is 1.84. The molecule has 2 aromatic rings. The molecule has 21 heavy (non-hydrogen) atoms. The SMILES string of the molecule is C/C(=C/c1ccccc1)C(=O)NCCc1ccc(F)cc1. The fourth-order valence-electron chi connectivity index (χ4n) is 1.98. The van der Waals surface area contributed by atoms with Crippen LogP contribution in [0.5, 0.6) is 0 Å². The largest absolute Gasteiger partial charge is 0.352 e. The maximum absolute atomic E-state index is 12.8. The molecule has 0 heterocycles. The lowest BCUT2D eigenvalue weighted by atomic mass is 10.1. The summed E-state index contributed by atoms with van der Waals surface area (Å²) in [5.74, 6) is -0.328. The second-order valence-corrected chi connectivity index (χ2v) is 4.87. The average molecular weight is 283 g/mol. The van der Waals surface area contributed by atoms with Gasteiger partial charge in [-0.25, -0.2) is 4.39 Å². The third-order valence-electron chi connectivity index (χ3n) is 3.15. The van der Waals surface area contributed by atoms with E-state index in [0.717, 1.165) is 11.1 Å². The number of benzene rings is 2. The van der Waals surface area contributed by atoms with Gasteiger partial charge in [-0.3, -0.25) is 4.79 Å². The van der Waals surface area contributed by atoms with Crippen LogP contribution in [0.4, 0.5) is 4.39 Å². The zero-order valence-corrected chi connectivity index (χ0v) is 12.0. The zero-order valence-electron chi connectivity index (χ0n) is 12.0. The van der Waals surface area contributed by atoms with Crippen molar-refractivity contribution in [2.45, 2.75) is 13.3 Å². The van der Waals surface area contributed by atoms with Gasteiger partial charge in [0.1, 0.15) is 5.82 Å². The summed E-state index contributed by atoms with van der Waals surface area (Å²) in [5.41, 5.74) is 2.67. The predicted molar refractivity (Wildman–Crippen MR) is 83.2 cm³/mol. The molecule has 0 atom stereocenters. The number of carbonyl (C=O) groups is 1. The highest BCUT2D eigenvalue weighted by Gasteiger charge is 2.03. The standard InChI is InChI=1S/C18H18FNO/c1-14(13-16-5-3-2-4-6-16)18(21)20-12-11-15-7-9-17(19)10-8-15/h2-10,13H,11-12H2,1H3,(H,20,21)/b14-13-. The number of halogens is 1. The third-order valence-corrected chi connectivity index (χ3v) is 3.15. The average Bonchev–Trinajstić information content (AvgIpc) is 2.50. The van der Waals surface area contributed by atoms with Crippen LogP contribution >= 0.6 is 0 Å². The lowest BCUT2D eigenvalue weighted by Gasteiger charge is -2.06. The van der Waals surface area contributed by atoms with Crippen molar-refractivity contribution in [1.82, 2.24) is 5.32 Å².